The van der Waals surface area contributed by atoms with Gasteiger partial charge in [-0.1, -0.05) is 23.2 Å². The van der Waals surface area contributed by atoms with Crippen molar-refractivity contribution in [3.8, 4) is 0 Å². The maximum absolute atomic E-state index is 12.1. The van der Waals surface area contributed by atoms with Gasteiger partial charge in [-0.15, -0.1) is 0 Å². The molecule has 0 bridgehead atoms. The Morgan fingerprint density at radius 1 is 1.31 bits per heavy atom. The Labute approximate surface area is 157 Å². The molecule has 0 fully saturated rings. The zero-order chi connectivity index (χ0) is 19.3. The number of halogens is 2. The van der Waals surface area contributed by atoms with Crippen LogP contribution in [-0.4, -0.2) is 22.9 Å². The van der Waals surface area contributed by atoms with Gasteiger partial charge >= 0.3 is 11.9 Å². The lowest BCUT2D eigenvalue weighted by atomic mass is 10.3. The Morgan fingerprint density at radius 3 is 2.69 bits per heavy atom. The van der Waals surface area contributed by atoms with Gasteiger partial charge in [0.15, 0.2) is 6.10 Å². The summed E-state index contributed by atoms with van der Waals surface area (Å²) in [5.74, 6) is -1.80. The number of nitrogens with zero attached hydrogens (tertiary/aromatic N) is 1. The van der Waals surface area contributed by atoms with Gasteiger partial charge in [-0.3, -0.25) is 14.9 Å². The molecule has 10 heteroatoms. The number of carbonyl (C=O) groups excluding carboxylic acids is 2. The van der Waals surface area contributed by atoms with Crippen LogP contribution < -0.4 is 5.32 Å². The van der Waals surface area contributed by atoms with Crippen LogP contribution in [0.2, 0.25) is 10.0 Å². The number of ether oxygens (including phenoxy) is 1. The highest BCUT2D eigenvalue weighted by Gasteiger charge is 2.18. The summed E-state index contributed by atoms with van der Waals surface area (Å²) >= 11 is 11.8. The third-order valence-corrected chi connectivity index (χ3v) is 3.59. The SMILES string of the molecule is C[C@H](OC(=O)/C=C/c1ccc([N+](=O)[O-])o1)C(=O)Nc1cc(Cl)ccc1Cl. The van der Waals surface area contributed by atoms with Crippen LogP contribution in [0.5, 0.6) is 0 Å². The first-order valence-corrected chi connectivity index (χ1v) is 7.90. The molecule has 1 aromatic heterocycles. The van der Waals surface area contributed by atoms with Crippen molar-refractivity contribution in [2.75, 3.05) is 5.32 Å². The van der Waals surface area contributed by atoms with Gasteiger partial charge in [0.1, 0.15) is 10.7 Å². The van der Waals surface area contributed by atoms with Crippen molar-refractivity contribution >= 4 is 52.7 Å². The van der Waals surface area contributed by atoms with E-state index < -0.39 is 28.8 Å². The highest BCUT2D eigenvalue weighted by molar-refractivity contribution is 6.35. The van der Waals surface area contributed by atoms with Crippen LogP contribution in [0.4, 0.5) is 11.6 Å². The number of nitro groups is 1. The molecule has 136 valence electrons. The van der Waals surface area contributed by atoms with Gasteiger partial charge in [-0.05, 0) is 37.3 Å². The monoisotopic (exact) mass is 398 g/mol. The zero-order valence-electron chi connectivity index (χ0n) is 13.3. The topological polar surface area (TPSA) is 112 Å². The normalized spacial score (nSPS) is 12.0. The molecule has 0 unspecified atom stereocenters. The second-order valence-electron chi connectivity index (χ2n) is 4.96. The number of amides is 1. The average molecular weight is 399 g/mol. The molecule has 1 aromatic carbocycles. The Balaban J connectivity index is 1.93. The van der Waals surface area contributed by atoms with E-state index in [4.69, 9.17) is 32.4 Å². The Morgan fingerprint density at radius 2 is 2.04 bits per heavy atom. The van der Waals surface area contributed by atoms with E-state index in [1.807, 2.05) is 0 Å². The molecule has 1 heterocycles. The summed E-state index contributed by atoms with van der Waals surface area (Å²) < 4.78 is 9.79. The number of esters is 1. The van der Waals surface area contributed by atoms with Crippen LogP contribution >= 0.6 is 23.2 Å². The second kappa shape index (κ2) is 8.50. The fraction of sp³-hybridized carbons (Fsp3) is 0.125. The maximum Gasteiger partial charge on any atom is 0.433 e. The molecule has 0 radical (unpaired) electrons. The first-order valence-electron chi connectivity index (χ1n) is 7.15. The van der Waals surface area contributed by atoms with Gasteiger partial charge in [0, 0.05) is 11.1 Å². The lowest BCUT2D eigenvalue weighted by molar-refractivity contribution is -0.402. The number of carbonyl (C=O) groups is 2. The number of hydrogen-bond acceptors (Lipinski definition) is 6. The van der Waals surface area contributed by atoms with E-state index in [0.29, 0.717) is 5.02 Å². The van der Waals surface area contributed by atoms with E-state index in [1.54, 1.807) is 6.07 Å². The molecule has 0 spiro atoms. The molecule has 0 saturated heterocycles. The standard InChI is InChI=1S/C16H12Cl2N2O6/c1-9(16(22)19-13-8-10(17)2-5-12(13)18)25-15(21)7-4-11-3-6-14(26-11)20(23)24/h2-9H,1H3,(H,19,22)/b7-4+/t9-/m0/s1. The number of benzene rings is 1. The van der Waals surface area contributed by atoms with Crippen molar-refractivity contribution in [1.29, 1.82) is 0 Å². The van der Waals surface area contributed by atoms with Crippen LogP contribution in [0.3, 0.4) is 0 Å². The summed E-state index contributed by atoms with van der Waals surface area (Å²) in [6, 6.07) is 7.00. The summed E-state index contributed by atoms with van der Waals surface area (Å²) in [5, 5.41) is 13.7. The van der Waals surface area contributed by atoms with Crippen molar-refractivity contribution in [3.05, 3.63) is 62.3 Å². The van der Waals surface area contributed by atoms with E-state index in [-0.39, 0.29) is 16.5 Å². The molecule has 1 N–H and O–H groups in total. The van der Waals surface area contributed by atoms with Crippen molar-refractivity contribution < 1.29 is 23.7 Å². The van der Waals surface area contributed by atoms with Crippen molar-refractivity contribution in [2.45, 2.75) is 13.0 Å². The van der Waals surface area contributed by atoms with Gasteiger partial charge in [-0.25, -0.2) is 4.79 Å². The summed E-state index contributed by atoms with van der Waals surface area (Å²) in [5.41, 5.74) is 0.283. The summed E-state index contributed by atoms with van der Waals surface area (Å²) in [6.07, 6.45) is 1.06. The number of anilines is 1. The van der Waals surface area contributed by atoms with Gasteiger partial charge < -0.3 is 14.5 Å². The largest absolute Gasteiger partial charge is 0.449 e. The zero-order valence-corrected chi connectivity index (χ0v) is 14.8. The van der Waals surface area contributed by atoms with Gasteiger partial charge in [-0.2, -0.15) is 0 Å². The fourth-order valence-electron chi connectivity index (χ4n) is 1.77. The molecule has 0 saturated carbocycles. The van der Waals surface area contributed by atoms with Crippen LogP contribution in [0.25, 0.3) is 6.08 Å². The summed E-state index contributed by atoms with van der Waals surface area (Å²) in [4.78, 5) is 33.6. The lowest BCUT2D eigenvalue weighted by Crippen LogP contribution is -2.29. The Hall–Kier alpha value is -2.84. The Bertz CT molecular complexity index is 877. The number of rotatable bonds is 6. The third-order valence-electron chi connectivity index (χ3n) is 3.02. The molecule has 1 amide bonds. The lowest BCUT2D eigenvalue weighted by Gasteiger charge is -2.13. The van der Waals surface area contributed by atoms with Gasteiger partial charge in [0.05, 0.1) is 16.8 Å². The van der Waals surface area contributed by atoms with Crippen LogP contribution in [0, 0.1) is 10.1 Å². The minimum absolute atomic E-state index is 0.0939. The second-order valence-corrected chi connectivity index (χ2v) is 5.80. The van der Waals surface area contributed by atoms with Crippen LogP contribution in [0.15, 0.2) is 40.8 Å². The van der Waals surface area contributed by atoms with Crippen molar-refractivity contribution in [3.63, 3.8) is 0 Å². The highest BCUT2D eigenvalue weighted by atomic mass is 35.5. The molecule has 0 aliphatic heterocycles. The third kappa shape index (κ3) is 5.33. The molecule has 0 aliphatic rings. The maximum atomic E-state index is 12.1. The van der Waals surface area contributed by atoms with Crippen molar-refractivity contribution in [2.24, 2.45) is 0 Å². The predicted octanol–water partition coefficient (Wildman–Crippen LogP) is 4.08. The quantitative estimate of drug-likeness (QED) is 0.339. The molecular weight excluding hydrogens is 387 g/mol. The predicted molar refractivity (Wildman–Crippen MR) is 95.0 cm³/mol. The number of nitrogens with one attached hydrogen (secondary N) is 1. The first kappa shape index (κ1) is 19.5. The Kier molecular flexibility index (Phi) is 6.37. The summed E-state index contributed by atoms with van der Waals surface area (Å²) in [7, 11) is 0. The molecule has 2 rings (SSSR count). The van der Waals surface area contributed by atoms with E-state index in [1.165, 1.54) is 31.2 Å². The molecule has 0 aliphatic carbocycles. The van der Waals surface area contributed by atoms with Gasteiger partial charge in [0.2, 0.25) is 0 Å². The minimum atomic E-state index is -1.12. The highest BCUT2D eigenvalue weighted by Crippen LogP contribution is 2.25. The van der Waals surface area contributed by atoms with E-state index in [0.717, 1.165) is 12.1 Å². The fourth-order valence-corrected chi connectivity index (χ4v) is 2.11. The van der Waals surface area contributed by atoms with E-state index in [2.05, 4.69) is 5.32 Å². The number of hydrogen-bond donors (Lipinski definition) is 1. The molecule has 8 nitrogen and oxygen atoms in total. The molecular formula is C16H12Cl2N2O6. The van der Waals surface area contributed by atoms with Crippen LogP contribution in [-0.2, 0) is 14.3 Å². The minimum Gasteiger partial charge on any atom is -0.449 e. The smallest absolute Gasteiger partial charge is 0.433 e. The van der Waals surface area contributed by atoms with Crippen LogP contribution in [0.1, 0.15) is 12.7 Å². The first-order chi connectivity index (χ1) is 12.3. The number of furan rings is 1. The van der Waals surface area contributed by atoms with E-state index in [9.17, 15) is 19.7 Å². The van der Waals surface area contributed by atoms with Gasteiger partial charge in [0.25, 0.3) is 5.91 Å². The molecule has 1 atom stereocenters. The molecule has 26 heavy (non-hydrogen) atoms. The molecule has 2 aromatic rings. The van der Waals surface area contributed by atoms with E-state index >= 15 is 0 Å². The van der Waals surface area contributed by atoms with Crippen molar-refractivity contribution in [1.82, 2.24) is 0 Å². The summed E-state index contributed by atoms with van der Waals surface area (Å²) in [6.45, 7) is 1.37. The average Bonchev–Trinajstić information content (AvgIpc) is 3.05.